The summed E-state index contributed by atoms with van der Waals surface area (Å²) in [5.74, 6) is 0.574. The van der Waals surface area contributed by atoms with Gasteiger partial charge in [0.25, 0.3) is 0 Å². The fourth-order valence-corrected chi connectivity index (χ4v) is 4.21. The minimum Gasteiger partial charge on any atom is -0.319 e. The summed E-state index contributed by atoms with van der Waals surface area (Å²) in [7, 11) is -0.864. The third kappa shape index (κ3) is 4.30. The molecule has 1 aliphatic heterocycles. The van der Waals surface area contributed by atoms with Gasteiger partial charge in [0.1, 0.15) is 0 Å². The van der Waals surface area contributed by atoms with Gasteiger partial charge in [-0.3, -0.25) is 4.90 Å². The Kier molecular flexibility index (Phi) is 5.18. The number of likely N-dealkylation sites (N-methyl/N-ethyl adjacent to an activating group) is 1. The molecule has 0 spiro atoms. The van der Waals surface area contributed by atoms with Crippen LogP contribution >= 0.6 is 0 Å². The highest BCUT2D eigenvalue weighted by Gasteiger charge is 2.27. The fraction of sp³-hybridized carbons (Fsp3) is 0.600. The first-order valence-corrected chi connectivity index (χ1v) is 8.99. The number of nitrogens with zero attached hydrogens (tertiary/aromatic N) is 1. The molecule has 1 unspecified atom stereocenters. The number of nitrogens with one attached hydrogen (secondary N) is 1. The van der Waals surface area contributed by atoms with Crippen molar-refractivity contribution in [2.45, 2.75) is 25.9 Å². The largest absolute Gasteiger partial charge is 0.319 e. The number of benzene rings is 1. The van der Waals surface area contributed by atoms with Crippen LogP contribution in [0.15, 0.2) is 24.3 Å². The molecule has 1 N–H and O–H groups in total. The zero-order valence-corrected chi connectivity index (χ0v) is 13.1. The highest BCUT2D eigenvalue weighted by molar-refractivity contribution is 7.91. The molecule has 1 aliphatic rings. The smallest absolute Gasteiger partial charge is 0.153 e. The second-order valence-electron chi connectivity index (χ2n) is 5.60. The van der Waals surface area contributed by atoms with E-state index >= 15 is 0 Å². The van der Waals surface area contributed by atoms with Gasteiger partial charge in [-0.1, -0.05) is 24.3 Å². The molecule has 1 heterocycles. The second-order valence-corrected chi connectivity index (χ2v) is 7.83. The van der Waals surface area contributed by atoms with Crippen molar-refractivity contribution in [3.8, 4) is 0 Å². The van der Waals surface area contributed by atoms with Gasteiger partial charge in [-0.15, -0.1) is 0 Å². The molecule has 20 heavy (non-hydrogen) atoms. The minimum absolute atomic E-state index is 0.109. The molecule has 1 aromatic carbocycles. The monoisotopic (exact) mass is 296 g/mol. The van der Waals surface area contributed by atoms with Crippen LogP contribution in [0.1, 0.15) is 18.1 Å². The van der Waals surface area contributed by atoms with E-state index in [0.717, 1.165) is 19.5 Å². The van der Waals surface area contributed by atoms with Gasteiger partial charge in [-0.25, -0.2) is 8.42 Å². The molecule has 1 atom stereocenters. The van der Waals surface area contributed by atoms with Crippen molar-refractivity contribution >= 4 is 9.84 Å². The Hall–Kier alpha value is -0.910. The second kappa shape index (κ2) is 6.70. The lowest BCUT2D eigenvalue weighted by Gasteiger charge is -2.33. The zero-order valence-electron chi connectivity index (χ0n) is 12.3. The molecule has 4 nitrogen and oxygen atoms in total. The van der Waals surface area contributed by atoms with Crippen molar-refractivity contribution in [1.29, 1.82) is 0 Å². The topological polar surface area (TPSA) is 49.4 Å². The number of hydrogen-bond donors (Lipinski definition) is 1. The molecule has 112 valence electrons. The van der Waals surface area contributed by atoms with E-state index in [9.17, 15) is 8.42 Å². The van der Waals surface area contributed by atoms with Crippen LogP contribution in [0.3, 0.4) is 0 Å². The van der Waals surface area contributed by atoms with Gasteiger partial charge in [0.15, 0.2) is 9.84 Å². The van der Waals surface area contributed by atoms with Crippen LogP contribution in [0.5, 0.6) is 0 Å². The maximum atomic E-state index is 11.6. The lowest BCUT2D eigenvalue weighted by molar-refractivity contribution is 0.218. The lowest BCUT2D eigenvalue weighted by Crippen LogP contribution is -2.46. The van der Waals surface area contributed by atoms with Crippen LogP contribution in [0.2, 0.25) is 0 Å². The Morgan fingerprint density at radius 1 is 1.25 bits per heavy atom. The Balaban J connectivity index is 1.93. The van der Waals surface area contributed by atoms with Gasteiger partial charge in [-0.05, 0) is 38.1 Å². The predicted molar refractivity (Wildman–Crippen MR) is 82.6 cm³/mol. The van der Waals surface area contributed by atoms with Gasteiger partial charge >= 0.3 is 0 Å². The number of rotatable bonds is 5. The van der Waals surface area contributed by atoms with Crippen molar-refractivity contribution in [2.75, 3.05) is 31.6 Å². The summed E-state index contributed by atoms with van der Waals surface area (Å²) in [6, 6.07) is 8.75. The van der Waals surface area contributed by atoms with Crippen LogP contribution in [0.4, 0.5) is 0 Å². The molecule has 0 aromatic heterocycles. The molecule has 0 bridgehead atoms. The first-order valence-electron chi connectivity index (χ1n) is 7.17. The third-order valence-electron chi connectivity index (χ3n) is 3.88. The molecule has 5 heteroatoms. The molecule has 1 saturated heterocycles. The summed E-state index contributed by atoms with van der Waals surface area (Å²) in [4.78, 5) is 2.25. The summed E-state index contributed by atoms with van der Waals surface area (Å²) in [6.45, 7) is 4.46. The SMILES string of the molecule is CNCCc1ccc(CN2CCS(=O)(=O)CC2C)cc1. The number of sulfone groups is 1. The van der Waals surface area contributed by atoms with Crippen LogP contribution in [-0.4, -0.2) is 51.0 Å². The Labute approximate surface area is 122 Å². The fourth-order valence-electron chi connectivity index (χ4n) is 2.58. The van der Waals surface area contributed by atoms with E-state index in [-0.39, 0.29) is 17.5 Å². The van der Waals surface area contributed by atoms with E-state index in [1.807, 2.05) is 14.0 Å². The molecule has 0 saturated carbocycles. The van der Waals surface area contributed by atoms with E-state index in [1.54, 1.807) is 0 Å². The Morgan fingerprint density at radius 3 is 2.50 bits per heavy atom. The van der Waals surface area contributed by atoms with Gasteiger partial charge in [0.2, 0.25) is 0 Å². The standard InChI is InChI=1S/C15H24N2O2S/c1-13-12-20(18,19)10-9-17(13)11-15-5-3-14(4-6-15)7-8-16-2/h3-6,13,16H,7-12H2,1-2H3. The van der Waals surface area contributed by atoms with Crippen molar-refractivity contribution in [3.05, 3.63) is 35.4 Å². The molecule has 0 aliphatic carbocycles. The van der Waals surface area contributed by atoms with Crippen molar-refractivity contribution in [2.24, 2.45) is 0 Å². The summed E-state index contributed by atoms with van der Waals surface area (Å²) < 4.78 is 23.1. The molecule has 0 radical (unpaired) electrons. The molecule has 1 aromatic rings. The quantitative estimate of drug-likeness (QED) is 0.883. The highest BCUT2D eigenvalue weighted by atomic mass is 32.2. The highest BCUT2D eigenvalue weighted by Crippen LogP contribution is 2.15. The average Bonchev–Trinajstić information content (AvgIpc) is 2.40. The van der Waals surface area contributed by atoms with Gasteiger partial charge in [-0.2, -0.15) is 0 Å². The molecule has 0 amide bonds. The average molecular weight is 296 g/mol. The summed E-state index contributed by atoms with van der Waals surface area (Å²) in [5, 5.41) is 3.14. The van der Waals surface area contributed by atoms with Gasteiger partial charge in [0, 0.05) is 19.1 Å². The molecule has 2 rings (SSSR count). The summed E-state index contributed by atoms with van der Waals surface area (Å²) >= 11 is 0. The van der Waals surface area contributed by atoms with E-state index in [4.69, 9.17) is 0 Å². The first-order chi connectivity index (χ1) is 9.50. The van der Waals surface area contributed by atoms with Crippen LogP contribution < -0.4 is 5.32 Å². The zero-order chi connectivity index (χ0) is 14.6. The molecule has 1 fully saturated rings. The van der Waals surface area contributed by atoms with E-state index in [2.05, 4.69) is 34.5 Å². The molecular weight excluding hydrogens is 272 g/mol. The third-order valence-corrected chi connectivity index (χ3v) is 5.68. The summed E-state index contributed by atoms with van der Waals surface area (Å²) in [6.07, 6.45) is 1.04. The lowest BCUT2D eigenvalue weighted by atomic mass is 10.1. The first kappa shape index (κ1) is 15.5. The normalized spacial score (nSPS) is 22.8. The Morgan fingerprint density at radius 2 is 1.90 bits per heavy atom. The maximum Gasteiger partial charge on any atom is 0.153 e. The van der Waals surface area contributed by atoms with Gasteiger partial charge in [0.05, 0.1) is 11.5 Å². The van der Waals surface area contributed by atoms with Crippen molar-refractivity contribution in [3.63, 3.8) is 0 Å². The van der Waals surface area contributed by atoms with Crippen molar-refractivity contribution in [1.82, 2.24) is 10.2 Å². The van der Waals surface area contributed by atoms with E-state index in [1.165, 1.54) is 11.1 Å². The predicted octanol–water partition coefficient (Wildman–Crippen LogP) is 1.07. The van der Waals surface area contributed by atoms with Crippen LogP contribution in [0.25, 0.3) is 0 Å². The van der Waals surface area contributed by atoms with Gasteiger partial charge < -0.3 is 5.32 Å². The van der Waals surface area contributed by atoms with Crippen LogP contribution in [0, 0.1) is 0 Å². The van der Waals surface area contributed by atoms with Crippen molar-refractivity contribution < 1.29 is 8.42 Å². The van der Waals surface area contributed by atoms with Crippen LogP contribution in [-0.2, 0) is 22.8 Å². The minimum atomic E-state index is -2.82. The van der Waals surface area contributed by atoms with E-state index in [0.29, 0.717) is 6.54 Å². The number of hydrogen-bond acceptors (Lipinski definition) is 4. The van der Waals surface area contributed by atoms with E-state index < -0.39 is 9.84 Å². The Bertz CT molecular complexity index is 525. The maximum absolute atomic E-state index is 11.6. The molecular formula is C15H24N2O2S. The summed E-state index contributed by atoms with van der Waals surface area (Å²) in [5.41, 5.74) is 2.58.